The Morgan fingerprint density at radius 1 is 0.951 bits per heavy atom. The molecule has 2 fully saturated rings. The molecule has 232 valence electrons. The number of hydrogen-bond donors (Lipinski definition) is 0. The number of hydrogen-bond acceptors (Lipinski definition) is 5. The van der Waals surface area contributed by atoms with Crippen molar-refractivity contribution in [1.29, 1.82) is 0 Å². The summed E-state index contributed by atoms with van der Waals surface area (Å²) < 4.78 is 22.4. The molecule has 0 N–H and O–H groups in total. The zero-order valence-electron chi connectivity index (χ0n) is 26.8. The first-order valence-electron chi connectivity index (χ1n) is 16.4. The van der Waals surface area contributed by atoms with Gasteiger partial charge in [-0.05, 0) is 63.4 Å². The summed E-state index contributed by atoms with van der Waals surface area (Å²) in [5.41, 5.74) is 1.92. The summed E-state index contributed by atoms with van der Waals surface area (Å²) in [6.45, 7) is 17.2. The molecule has 41 heavy (non-hydrogen) atoms. The molecule has 1 aromatic carbocycles. The fraction of sp³-hybridized carbons (Fsp3) is 0.743. The summed E-state index contributed by atoms with van der Waals surface area (Å²) in [5.74, 6) is 1.01. The van der Waals surface area contributed by atoms with E-state index in [0.717, 1.165) is 24.7 Å². The zero-order valence-corrected chi connectivity index (χ0v) is 27.8. The summed E-state index contributed by atoms with van der Waals surface area (Å²) in [4.78, 5) is 12.3. The number of esters is 1. The third-order valence-corrected chi connectivity index (χ3v) is 12.7. The standard InChI is InChI=1S/C35H58O5Si/c1-7-8-10-13-29-14-16-31(17-15-29)32-18-20-33(21-19-32)41(5,6)23-12-9-11-22-38-34(36)28(2)24-37-25-30-26-39-35(3,4)40-27-30/h18-21,29-31H,2,7-17,22-27H2,1,3-6H3. The second-order valence-electron chi connectivity index (χ2n) is 13.7. The molecule has 0 bridgehead atoms. The van der Waals surface area contributed by atoms with Gasteiger partial charge in [0.05, 0.1) is 46.7 Å². The molecule has 1 aliphatic carbocycles. The quantitative estimate of drug-likeness (QED) is 0.0798. The van der Waals surface area contributed by atoms with Crippen LogP contribution in [0.4, 0.5) is 0 Å². The lowest BCUT2D eigenvalue weighted by atomic mass is 9.77. The molecule has 0 radical (unpaired) electrons. The monoisotopic (exact) mass is 586 g/mol. The summed E-state index contributed by atoms with van der Waals surface area (Å²) in [5, 5.41) is 1.56. The maximum absolute atomic E-state index is 12.3. The molecule has 0 aromatic heterocycles. The molecule has 0 atom stereocenters. The van der Waals surface area contributed by atoms with Crippen LogP contribution < -0.4 is 5.19 Å². The SMILES string of the molecule is C=C(COCC1COC(C)(C)OC1)C(=O)OCCCCC[Si](C)(C)c1ccc(C2CCC(CCCCC)CC2)cc1. The van der Waals surface area contributed by atoms with Crippen LogP contribution in [0.2, 0.25) is 19.1 Å². The maximum atomic E-state index is 12.3. The minimum Gasteiger partial charge on any atom is -0.462 e. The number of carbonyl (C=O) groups excluding carboxylic acids is 1. The van der Waals surface area contributed by atoms with Gasteiger partial charge in [-0.3, -0.25) is 0 Å². The van der Waals surface area contributed by atoms with Crippen LogP contribution in [0.3, 0.4) is 0 Å². The van der Waals surface area contributed by atoms with E-state index >= 15 is 0 Å². The van der Waals surface area contributed by atoms with E-state index in [4.69, 9.17) is 18.9 Å². The Hall–Kier alpha value is -1.47. The average molecular weight is 587 g/mol. The van der Waals surface area contributed by atoms with Gasteiger partial charge in [-0.1, -0.05) is 101 Å². The highest BCUT2D eigenvalue weighted by atomic mass is 28.3. The van der Waals surface area contributed by atoms with Crippen molar-refractivity contribution in [3.63, 3.8) is 0 Å². The van der Waals surface area contributed by atoms with Gasteiger partial charge in [-0.15, -0.1) is 0 Å². The highest BCUT2D eigenvalue weighted by Crippen LogP contribution is 2.37. The van der Waals surface area contributed by atoms with E-state index in [9.17, 15) is 4.79 Å². The largest absolute Gasteiger partial charge is 0.462 e. The zero-order chi connectivity index (χ0) is 29.7. The smallest absolute Gasteiger partial charge is 0.335 e. The number of ether oxygens (including phenoxy) is 4. The Kier molecular flexibility index (Phi) is 14.1. The van der Waals surface area contributed by atoms with Crippen molar-refractivity contribution in [2.24, 2.45) is 11.8 Å². The van der Waals surface area contributed by atoms with Crippen molar-refractivity contribution in [2.75, 3.05) is 33.0 Å². The molecule has 1 saturated carbocycles. The van der Waals surface area contributed by atoms with Crippen LogP contribution in [0, 0.1) is 11.8 Å². The molecule has 2 aliphatic rings. The first-order valence-corrected chi connectivity index (χ1v) is 19.6. The van der Waals surface area contributed by atoms with Crippen LogP contribution in [0.25, 0.3) is 0 Å². The molecule has 1 heterocycles. The molecular formula is C35H58O5Si. The van der Waals surface area contributed by atoms with Crippen molar-refractivity contribution in [3.05, 3.63) is 42.0 Å². The second-order valence-corrected chi connectivity index (χ2v) is 18.5. The number of benzene rings is 1. The normalized spacial score (nSPS) is 21.5. The molecule has 1 aromatic rings. The van der Waals surface area contributed by atoms with Gasteiger partial charge in [-0.25, -0.2) is 4.79 Å². The molecule has 5 nitrogen and oxygen atoms in total. The Bertz CT molecular complexity index is 907. The van der Waals surface area contributed by atoms with E-state index in [-0.39, 0.29) is 18.5 Å². The maximum Gasteiger partial charge on any atom is 0.335 e. The van der Waals surface area contributed by atoms with Crippen LogP contribution >= 0.6 is 0 Å². The van der Waals surface area contributed by atoms with Gasteiger partial charge in [0.1, 0.15) is 0 Å². The minimum atomic E-state index is -1.48. The fourth-order valence-electron chi connectivity index (χ4n) is 6.16. The number of rotatable bonds is 17. The number of unbranched alkanes of at least 4 members (excludes halogenated alkanes) is 4. The van der Waals surface area contributed by atoms with E-state index in [1.807, 2.05) is 13.8 Å². The highest BCUT2D eigenvalue weighted by Gasteiger charge is 2.28. The van der Waals surface area contributed by atoms with Crippen LogP contribution in [-0.2, 0) is 23.7 Å². The van der Waals surface area contributed by atoms with Gasteiger partial charge in [0.15, 0.2) is 5.79 Å². The lowest BCUT2D eigenvalue weighted by Crippen LogP contribution is -2.41. The number of carbonyl (C=O) groups is 1. The summed E-state index contributed by atoms with van der Waals surface area (Å²) >= 11 is 0. The fourth-order valence-corrected chi connectivity index (χ4v) is 8.65. The Labute approximate surface area is 251 Å². The summed E-state index contributed by atoms with van der Waals surface area (Å²) in [6, 6.07) is 11.0. The molecule has 0 unspecified atom stereocenters. The van der Waals surface area contributed by atoms with E-state index in [1.165, 1.54) is 63.8 Å². The Morgan fingerprint density at radius 2 is 1.63 bits per heavy atom. The van der Waals surface area contributed by atoms with Crippen molar-refractivity contribution >= 4 is 19.2 Å². The van der Waals surface area contributed by atoms with E-state index in [2.05, 4.69) is 50.9 Å². The van der Waals surface area contributed by atoms with Gasteiger partial charge in [-0.2, -0.15) is 0 Å². The Morgan fingerprint density at radius 3 is 2.29 bits per heavy atom. The van der Waals surface area contributed by atoms with Gasteiger partial charge in [0, 0.05) is 5.92 Å². The van der Waals surface area contributed by atoms with E-state index < -0.39 is 13.9 Å². The third-order valence-electron chi connectivity index (χ3n) is 9.16. The molecular weight excluding hydrogens is 528 g/mol. The lowest BCUT2D eigenvalue weighted by molar-refractivity contribution is -0.266. The predicted octanol–water partition coefficient (Wildman–Crippen LogP) is 8.14. The summed E-state index contributed by atoms with van der Waals surface area (Å²) in [7, 11) is -1.48. The van der Waals surface area contributed by atoms with Crippen molar-refractivity contribution in [3.8, 4) is 0 Å². The first kappa shape index (κ1) is 34.0. The second kappa shape index (κ2) is 17.0. The topological polar surface area (TPSA) is 54.0 Å². The van der Waals surface area contributed by atoms with Crippen LogP contribution in [0.15, 0.2) is 36.4 Å². The van der Waals surface area contributed by atoms with Gasteiger partial charge >= 0.3 is 5.97 Å². The minimum absolute atomic E-state index is 0.169. The van der Waals surface area contributed by atoms with Crippen LogP contribution in [0.1, 0.15) is 103 Å². The van der Waals surface area contributed by atoms with Crippen LogP contribution in [-0.4, -0.2) is 52.9 Å². The summed E-state index contributed by atoms with van der Waals surface area (Å²) in [6.07, 6.45) is 14.3. The van der Waals surface area contributed by atoms with Gasteiger partial charge < -0.3 is 18.9 Å². The van der Waals surface area contributed by atoms with Crippen molar-refractivity contribution < 1.29 is 23.7 Å². The molecule has 1 aliphatic heterocycles. The molecule has 6 heteroatoms. The lowest BCUT2D eigenvalue weighted by Gasteiger charge is -2.34. The van der Waals surface area contributed by atoms with Gasteiger partial charge in [0.25, 0.3) is 0 Å². The molecule has 0 spiro atoms. The predicted molar refractivity (Wildman–Crippen MR) is 171 cm³/mol. The third kappa shape index (κ3) is 12.0. The van der Waals surface area contributed by atoms with E-state index in [0.29, 0.717) is 32.0 Å². The van der Waals surface area contributed by atoms with Crippen molar-refractivity contribution in [2.45, 2.75) is 122 Å². The van der Waals surface area contributed by atoms with Gasteiger partial charge in [0.2, 0.25) is 0 Å². The van der Waals surface area contributed by atoms with Crippen molar-refractivity contribution in [1.82, 2.24) is 0 Å². The highest BCUT2D eigenvalue weighted by molar-refractivity contribution is 6.89. The molecule has 1 saturated heterocycles. The Balaban J connectivity index is 1.25. The average Bonchev–Trinajstić information content (AvgIpc) is 2.96. The first-order chi connectivity index (χ1) is 19.6. The molecule has 0 amide bonds. The molecule has 3 rings (SSSR count). The van der Waals surface area contributed by atoms with Crippen LogP contribution in [0.5, 0.6) is 0 Å². The van der Waals surface area contributed by atoms with E-state index in [1.54, 1.807) is 10.8 Å².